The lowest BCUT2D eigenvalue weighted by Crippen LogP contribution is -2.18. The van der Waals surface area contributed by atoms with Gasteiger partial charge < -0.3 is 10.6 Å². The third-order valence-corrected chi connectivity index (χ3v) is 4.30. The van der Waals surface area contributed by atoms with Gasteiger partial charge in [0.05, 0.1) is 24.0 Å². The van der Waals surface area contributed by atoms with E-state index in [1.807, 2.05) is 0 Å². The standard InChI is InChI=1S/C18H16ClN3O2S/c19-14-3-7-16(8-4-14)22-18(24)12-25-11-17(23)21-15-5-1-13(2-6-15)9-10-20/h1-8H,9,11-12H2,(H,21,23)(H,22,24). The van der Waals surface area contributed by atoms with Gasteiger partial charge in [0.15, 0.2) is 0 Å². The molecule has 2 aromatic carbocycles. The van der Waals surface area contributed by atoms with Gasteiger partial charge in [-0.15, -0.1) is 11.8 Å². The maximum atomic E-state index is 11.9. The molecule has 0 aromatic heterocycles. The average Bonchev–Trinajstić information content (AvgIpc) is 2.59. The topological polar surface area (TPSA) is 82.0 Å². The predicted molar refractivity (Wildman–Crippen MR) is 102 cm³/mol. The van der Waals surface area contributed by atoms with Crippen molar-refractivity contribution >= 4 is 46.6 Å². The zero-order valence-electron chi connectivity index (χ0n) is 13.3. The SMILES string of the molecule is N#CCc1ccc(NC(=O)CSCC(=O)Nc2ccc(Cl)cc2)cc1. The second-order valence-corrected chi connectivity index (χ2v) is 6.55. The molecule has 2 aromatic rings. The van der Waals surface area contributed by atoms with E-state index in [4.69, 9.17) is 16.9 Å². The maximum Gasteiger partial charge on any atom is 0.234 e. The average molecular weight is 374 g/mol. The van der Waals surface area contributed by atoms with E-state index in [1.165, 1.54) is 11.8 Å². The molecule has 25 heavy (non-hydrogen) atoms. The minimum atomic E-state index is -0.183. The molecule has 2 rings (SSSR count). The van der Waals surface area contributed by atoms with Gasteiger partial charge in [-0.3, -0.25) is 9.59 Å². The van der Waals surface area contributed by atoms with Crippen molar-refractivity contribution in [3.05, 3.63) is 59.1 Å². The number of thioether (sulfide) groups is 1. The summed E-state index contributed by atoms with van der Waals surface area (Å²) in [6, 6.07) is 16.0. The highest BCUT2D eigenvalue weighted by atomic mass is 35.5. The van der Waals surface area contributed by atoms with Gasteiger partial charge in [-0.2, -0.15) is 5.26 Å². The number of carbonyl (C=O) groups excluding carboxylic acids is 2. The van der Waals surface area contributed by atoms with Crippen LogP contribution >= 0.6 is 23.4 Å². The smallest absolute Gasteiger partial charge is 0.234 e. The van der Waals surface area contributed by atoms with Crippen LogP contribution in [0.1, 0.15) is 5.56 Å². The summed E-state index contributed by atoms with van der Waals surface area (Å²) < 4.78 is 0. The molecule has 0 saturated heterocycles. The van der Waals surface area contributed by atoms with Crippen molar-refractivity contribution < 1.29 is 9.59 Å². The second-order valence-electron chi connectivity index (χ2n) is 5.13. The summed E-state index contributed by atoms with van der Waals surface area (Å²) in [6.07, 6.45) is 0.340. The maximum absolute atomic E-state index is 11.9. The fourth-order valence-corrected chi connectivity index (χ4v) is 2.70. The Morgan fingerprint density at radius 1 is 0.920 bits per heavy atom. The zero-order valence-corrected chi connectivity index (χ0v) is 14.9. The Kier molecular flexibility index (Phi) is 7.33. The molecule has 2 N–H and O–H groups in total. The van der Waals surface area contributed by atoms with Crippen molar-refractivity contribution in [1.82, 2.24) is 0 Å². The highest BCUT2D eigenvalue weighted by molar-refractivity contribution is 8.00. The zero-order chi connectivity index (χ0) is 18.1. The number of hydrogen-bond acceptors (Lipinski definition) is 4. The molecule has 0 saturated carbocycles. The van der Waals surface area contributed by atoms with E-state index >= 15 is 0 Å². The van der Waals surface area contributed by atoms with E-state index in [9.17, 15) is 9.59 Å². The molecule has 0 heterocycles. The van der Waals surface area contributed by atoms with Crippen molar-refractivity contribution in [2.75, 3.05) is 22.1 Å². The van der Waals surface area contributed by atoms with Crippen LogP contribution in [0.25, 0.3) is 0 Å². The summed E-state index contributed by atoms with van der Waals surface area (Å²) in [7, 11) is 0. The van der Waals surface area contributed by atoms with E-state index in [0.29, 0.717) is 22.8 Å². The van der Waals surface area contributed by atoms with Gasteiger partial charge in [0.1, 0.15) is 0 Å². The summed E-state index contributed by atoms with van der Waals surface area (Å²) in [4.78, 5) is 23.7. The van der Waals surface area contributed by atoms with Crippen LogP contribution < -0.4 is 10.6 Å². The van der Waals surface area contributed by atoms with Crippen molar-refractivity contribution in [3.8, 4) is 6.07 Å². The van der Waals surface area contributed by atoms with Crippen molar-refractivity contribution in [2.24, 2.45) is 0 Å². The molecule has 0 radical (unpaired) electrons. The molecule has 0 aliphatic carbocycles. The van der Waals surface area contributed by atoms with Crippen LogP contribution in [0.3, 0.4) is 0 Å². The lowest BCUT2D eigenvalue weighted by Gasteiger charge is -2.07. The number of nitriles is 1. The number of anilines is 2. The van der Waals surface area contributed by atoms with Gasteiger partial charge >= 0.3 is 0 Å². The van der Waals surface area contributed by atoms with Crippen LogP contribution in [0.5, 0.6) is 0 Å². The quantitative estimate of drug-likeness (QED) is 0.775. The van der Waals surface area contributed by atoms with Gasteiger partial charge in [0, 0.05) is 16.4 Å². The first-order valence-electron chi connectivity index (χ1n) is 7.46. The number of hydrogen-bond donors (Lipinski definition) is 2. The van der Waals surface area contributed by atoms with Crippen LogP contribution in [0, 0.1) is 11.3 Å². The highest BCUT2D eigenvalue weighted by Crippen LogP contribution is 2.14. The normalized spacial score (nSPS) is 9.92. The number of nitrogens with zero attached hydrogens (tertiary/aromatic N) is 1. The molecule has 0 aliphatic heterocycles. The first-order valence-corrected chi connectivity index (χ1v) is 8.99. The lowest BCUT2D eigenvalue weighted by molar-refractivity contribution is -0.114. The fourth-order valence-electron chi connectivity index (χ4n) is 1.96. The number of benzene rings is 2. The fraction of sp³-hybridized carbons (Fsp3) is 0.167. The Morgan fingerprint density at radius 3 is 1.88 bits per heavy atom. The van der Waals surface area contributed by atoms with Crippen LogP contribution in [0.2, 0.25) is 5.02 Å². The van der Waals surface area contributed by atoms with Crippen LogP contribution in [0.15, 0.2) is 48.5 Å². The first-order chi connectivity index (χ1) is 12.1. The van der Waals surface area contributed by atoms with E-state index in [2.05, 4.69) is 16.7 Å². The Hall–Kier alpha value is -2.49. The van der Waals surface area contributed by atoms with E-state index in [0.717, 1.165) is 5.56 Å². The van der Waals surface area contributed by atoms with Gasteiger partial charge in [0.25, 0.3) is 0 Å². The summed E-state index contributed by atoms with van der Waals surface area (Å²) in [5, 5.41) is 14.7. The Labute approximate surface area is 155 Å². The van der Waals surface area contributed by atoms with Gasteiger partial charge in [-0.25, -0.2) is 0 Å². The highest BCUT2D eigenvalue weighted by Gasteiger charge is 2.07. The molecule has 0 aliphatic rings. The molecule has 5 nitrogen and oxygen atoms in total. The van der Waals surface area contributed by atoms with E-state index in [-0.39, 0.29) is 23.3 Å². The minimum absolute atomic E-state index is 0.175. The summed E-state index contributed by atoms with van der Waals surface area (Å²) in [5.41, 5.74) is 2.23. The number of amides is 2. The molecule has 0 atom stereocenters. The Bertz CT molecular complexity index is 770. The van der Waals surface area contributed by atoms with Crippen molar-refractivity contribution in [1.29, 1.82) is 5.26 Å². The van der Waals surface area contributed by atoms with E-state index < -0.39 is 0 Å². The molecule has 0 spiro atoms. The molecule has 0 fully saturated rings. The third-order valence-electron chi connectivity index (χ3n) is 3.12. The van der Waals surface area contributed by atoms with E-state index in [1.54, 1.807) is 48.5 Å². The predicted octanol–water partition coefficient (Wildman–Crippen LogP) is 3.72. The third kappa shape index (κ3) is 6.87. The second kappa shape index (κ2) is 9.72. The van der Waals surface area contributed by atoms with Crippen molar-refractivity contribution in [3.63, 3.8) is 0 Å². The summed E-state index contributed by atoms with van der Waals surface area (Å²) >= 11 is 7.01. The Morgan fingerprint density at radius 2 is 1.40 bits per heavy atom. The number of rotatable bonds is 7. The molecular weight excluding hydrogens is 358 g/mol. The summed E-state index contributed by atoms with van der Waals surface area (Å²) in [5.74, 6) is -0.0104. The molecular formula is C18H16ClN3O2S. The van der Waals surface area contributed by atoms with Gasteiger partial charge in [0.2, 0.25) is 11.8 Å². The monoisotopic (exact) mass is 373 g/mol. The van der Waals surface area contributed by atoms with Gasteiger partial charge in [-0.05, 0) is 42.0 Å². The lowest BCUT2D eigenvalue weighted by atomic mass is 10.1. The molecule has 128 valence electrons. The molecule has 0 unspecified atom stereocenters. The van der Waals surface area contributed by atoms with Crippen LogP contribution in [0.4, 0.5) is 11.4 Å². The summed E-state index contributed by atoms with van der Waals surface area (Å²) in [6.45, 7) is 0. The van der Waals surface area contributed by atoms with Crippen LogP contribution in [-0.4, -0.2) is 23.3 Å². The number of carbonyl (C=O) groups is 2. The molecule has 2 amide bonds. The van der Waals surface area contributed by atoms with Gasteiger partial charge in [-0.1, -0.05) is 23.7 Å². The Balaban J connectivity index is 1.70. The molecule has 7 heteroatoms. The minimum Gasteiger partial charge on any atom is -0.325 e. The molecule has 0 bridgehead atoms. The van der Waals surface area contributed by atoms with Crippen molar-refractivity contribution in [2.45, 2.75) is 6.42 Å². The largest absolute Gasteiger partial charge is 0.325 e. The first kappa shape index (κ1) is 18.8. The number of nitrogens with one attached hydrogen (secondary N) is 2. The van der Waals surface area contributed by atoms with Crippen LogP contribution in [-0.2, 0) is 16.0 Å². The number of halogens is 1.